The molecule has 1 aliphatic rings. The van der Waals surface area contributed by atoms with Crippen LogP contribution in [0.4, 0.5) is 13.6 Å². The number of carboxylic acid groups (broad SMARTS) is 1. The number of hydrogen-bond donors (Lipinski definition) is 1. The average molecular weight is 416 g/mol. The summed E-state index contributed by atoms with van der Waals surface area (Å²) < 4.78 is 32.1. The van der Waals surface area contributed by atoms with Crippen LogP contribution in [0.2, 0.25) is 0 Å². The van der Waals surface area contributed by atoms with Crippen molar-refractivity contribution in [3.8, 4) is 5.75 Å². The molecule has 1 saturated heterocycles. The smallest absolute Gasteiger partial charge is 0.407 e. The number of likely N-dealkylation sites (tertiary alicyclic amines) is 1. The Labute approximate surface area is 171 Å². The highest BCUT2D eigenvalue weighted by Crippen LogP contribution is 2.29. The molecule has 0 saturated carbocycles. The lowest BCUT2D eigenvalue weighted by Crippen LogP contribution is -2.37. The van der Waals surface area contributed by atoms with Gasteiger partial charge in [-0.3, -0.25) is 4.98 Å². The van der Waals surface area contributed by atoms with Gasteiger partial charge >= 0.3 is 12.7 Å². The van der Waals surface area contributed by atoms with E-state index in [2.05, 4.69) is 14.7 Å². The molecule has 158 valence electrons. The average Bonchev–Trinajstić information content (AvgIpc) is 3.03. The first-order chi connectivity index (χ1) is 14.4. The molecule has 30 heavy (non-hydrogen) atoms. The van der Waals surface area contributed by atoms with Gasteiger partial charge in [-0.2, -0.15) is 8.78 Å². The molecule has 1 fully saturated rings. The summed E-state index contributed by atoms with van der Waals surface area (Å²) >= 11 is 0. The number of nitrogens with zero attached hydrogens (tertiary/aromatic N) is 4. The van der Waals surface area contributed by atoms with Crippen molar-refractivity contribution in [2.45, 2.75) is 38.7 Å². The third kappa shape index (κ3) is 4.05. The summed E-state index contributed by atoms with van der Waals surface area (Å²) in [6.45, 7) is -0.0482. The lowest BCUT2D eigenvalue weighted by Gasteiger charge is -2.29. The molecule has 0 aliphatic carbocycles. The van der Waals surface area contributed by atoms with Crippen molar-refractivity contribution in [3.05, 3.63) is 59.3 Å². The number of halogens is 2. The van der Waals surface area contributed by atoms with Crippen LogP contribution in [0.5, 0.6) is 5.75 Å². The Morgan fingerprint density at radius 3 is 2.73 bits per heavy atom. The zero-order valence-electron chi connectivity index (χ0n) is 16.5. The van der Waals surface area contributed by atoms with Crippen LogP contribution in [0.1, 0.15) is 41.4 Å². The number of imidazole rings is 1. The summed E-state index contributed by atoms with van der Waals surface area (Å²) in [7, 11) is 0. The van der Waals surface area contributed by atoms with Gasteiger partial charge in [0, 0.05) is 42.9 Å². The van der Waals surface area contributed by atoms with E-state index in [4.69, 9.17) is 5.11 Å². The van der Waals surface area contributed by atoms with Crippen molar-refractivity contribution < 1.29 is 23.4 Å². The first-order valence-corrected chi connectivity index (χ1v) is 9.76. The van der Waals surface area contributed by atoms with E-state index in [9.17, 15) is 13.6 Å². The number of aromatic nitrogens is 3. The molecule has 4 rings (SSSR count). The normalized spacial score (nSPS) is 15.1. The predicted molar refractivity (Wildman–Crippen MR) is 105 cm³/mol. The lowest BCUT2D eigenvalue weighted by molar-refractivity contribution is -0.0504. The number of alkyl halides is 2. The minimum absolute atomic E-state index is 0.150. The second-order valence-corrected chi connectivity index (χ2v) is 7.39. The van der Waals surface area contributed by atoms with Gasteiger partial charge in [0.1, 0.15) is 5.75 Å². The Hall–Kier alpha value is -3.23. The summed E-state index contributed by atoms with van der Waals surface area (Å²) in [5.41, 5.74) is 3.88. The highest BCUT2D eigenvalue weighted by molar-refractivity contribution is 5.65. The number of ether oxygens (including phenoxy) is 1. The topological polar surface area (TPSA) is 80.0 Å². The number of amides is 1. The molecule has 1 amide bonds. The fourth-order valence-corrected chi connectivity index (χ4v) is 3.97. The predicted octanol–water partition coefficient (Wildman–Crippen LogP) is 4.09. The molecule has 1 N–H and O–H groups in total. The summed E-state index contributed by atoms with van der Waals surface area (Å²) in [6, 6.07) is 6.74. The van der Waals surface area contributed by atoms with Crippen LogP contribution >= 0.6 is 0 Å². The summed E-state index contributed by atoms with van der Waals surface area (Å²) in [5, 5.41) is 9.13. The molecule has 2 aromatic heterocycles. The first-order valence-electron chi connectivity index (χ1n) is 9.76. The van der Waals surface area contributed by atoms with Crippen molar-refractivity contribution in [2.24, 2.45) is 0 Å². The highest BCUT2D eigenvalue weighted by atomic mass is 19.3. The van der Waals surface area contributed by atoms with E-state index in [1.54, 1.807) is 24.4 Å². The molecular formula is C21H22F2N4O3. The Kier molecular flexibility index (Phi) is 5.52. The molecule has 3 heterocycles. The SMILES string of the molecule is Cc1nc2cnc(C3CCN(C(=O)O)CC3)cn2c1Cc1ccccc1OC(F)F. The fraction of sp³-hybridized carbons (Fsp3) is 0.381. The molecule has 0 radical (unpaired) electrons. The van der Waals surface area contributed by atoms with Crippen molar-refractivity contribution in [2.75, 3.05) is 13.1 Å². The van der Waals surface area contributed by atoms with Gasteiger partial charge < -0.3 is 19.1 Å². The maximum Gasteiger partial charge on any atom is 0.407 e. The maximum absolute atomic E-state index is 12.8. The van der Waals surface area contributed by atoms with Gasteiger partial charge in [-0.25, -0.2) is 9.78 Å². The number of hydrogen-bond acceptors (Lipinski definition) is 4. The third-order valence-electron chi connectivity index (χ3n) is 5.56. The second-order valence-electron chi connectivity index (χ2n) is 7.39. The maximum atomic E-state index is 12.8. The van der Waals surface area contributed by atoms with E-state index >= 15 is 0 Å². The zero-order valence-corrected chi connectivity index (χ0v) is 16.5. The number of carbonyl (C=O) groups is 1. The minimum atomic E-state index is -2.89. The molecule has 1 aromatic carbocycles. The minimum Gasteiger partial charge on any atom is -0.465 e. The van der Waals surface area contributed by atoms with Gasteiger partial charge in [-0.1, -0.05) is 18.2 Å². The number of benzene rings is 1. The lowest BCUT2D eigenvalue weighted by atomic mass is 9.94. The number of aryl methyl sites for hydroxylation is 1. The van der Waals surface area contributed by atoms with Gasteiger partial charge in [-0.15, -0.1) is 0 Å². The van der Waals surface area contributed by atoms with Gasteiger partial charge in [0.25, 0.3) is 0 Å². The second kappa shape index (κ2) is 8.25. The fourth-order valence-electron chi connectivity index (χ4n) is 3.97. The summed E-state index contributed by atoms with van der Waals surface area (Å²) in [4.78, 5) is 21.6. The molecule has 1 aliphatic heterocycles. The quantitative estimate of drug-likeness (QED) is 0.678. The largest absolute Gasteiger partial charge is 0.465 e. The van der Waals surface area contributed by atoms with Gasteiger partial charge in [-0.05, 0) is 25.8 Å². The van der Waals surface area contributed by atoms with E-state index in [0.29, 0.717) is 43.6 Å². The van der Waals surface area contributed by atoms with Crippen LogP contribution in [0.3, 0.4) is 0 Å². The van der Waals surface area contributed by atoms with Crippen LogP contribution in [-0.2, 0) is 6.42 Å². The third-order valence-corrected chi connectivity index (χ3v) is 5.56. The molecule has 0 unspecified atom stereocenters. The summed E-state index contributed by atoms with van der Waals surface area (Å²) in [5.74, 6) is 0.312. The van der Waals surface area contributed by atoms with Crippen LogP contribution in [-0.4, -0.2) is 50.2 Å². The van der Waals surface area contributed by atoms with Crippen LogP contribution in [0.15, 0.2) is 36.7 Å². The van der Waals surface area contributed by atoms with Crippen molar-refractivity contribution >= 4 is 11.7 Å². The zero-order chi connectivity index (χ0) is 21.3. The van der Waals surface area contributed by atoms with Gasteiger partial charge in [0.2, 0.25) is 0 Å². The van der Waals surface area contributed by atoms with Crippen LogP contribution in [0, 0.1) is 6.92 Å². The van der Waals surface area contributed by atoms with Gasteiger partial charge in [0.05, 0.1) is 17.6 Å². The molecule has 0 atom stereocenters. The molecule has 9 heteroatoms. The Morgan fingerprint density at radius 2 is 2.03 bits per heavy atom. The molecule has 7 nitrogen and oxygen atoms in total. The van der Waals surface area contributed by atoms with E-state index in [0.717, 1.165) is 17.1 Å². The van der Waals surface area contributed by atoms with Gasteiger partial charge in [0.15, 0.2) is 5.65 Å². The number of rotatable bonds is 5. The number of para-hydroxylation sites is 1. The number of piperidine rings is 1. The first kappa shape index (κ1) is 20.1. The van der Waals surface area contributed by atoms with E-state index in [-0.39, 0.29) is 11.7 Å². The number of fused-ring (bicyclic) bond motifs is 1. The summed E-state index contributed by atoms with van der Waals surface area (Å²) in [6.07, 6.45) is 4.54. The van der Waals surface area contributed by atoms with Crippen LogP contribution in [0.25, 0.3) is 5.65 Å². The molecular weight excluding hydrogens is 394 g/mol. The standard InChI is InChI=1S/C21H22F2N4O3/c1-13-17(10-15-4-2-3-5-18(15)30-20(22)23)27-12-16(24-11-19(27)25-13)14-6-8-26(9-7-14)21(28)29/h2-5,11-12,14,20H,6-10H2,1H3,(H,28,29). The van der Waals surface area contributed by atoms with E-state index in [1.807, 2.05) is 17.5 Å². The van der Waals surface area contributed by atoms with E-state index in [1.165, 1.54) is 11.0 Å². The van der Waals surface area contributed by atoms with Crippen molar-refractivity contribution in [1.82, 2.24) is 19.3 Å². The van der Waals surface area contributed by atoms with Crippen molar-refractivity contribution in [1.29, 1.82) is 0 Å². The Morgan fingerprint density at radius 1 is 1.30 bits per heavy atom. The molecule has 0 bridgehead atoms. The monoisotopic (exact) mass is 416 g/mol. The molecule has 0 spiro atoms. The van der Waals surface area contributed by atoms with E-state index < -0.39 is 12.7 Å². The molecule has 3 aromatic rings. The van der Waals surface area contributed by atoms with Crippen molar-refractivity contribution in [3.63, 3.8) is 0 Å². The Balaban J connectivity index is 1.63. The Bertz CT molecular complexity index is 1060. The highest BCUT2D eigenvalue weighted by Gasteiger charge is 2.25. The van der Waals surface area contributed by atoms with Crippen LogP contribution < -0.4 is 4.74 Å².